The molecule has 0 bridgehead atoms. The quantitative estimate of drug-likeness (QED) is 0.165. The summed E-state index contributed by atoms with van der Waals surface area (Å²) >= 11 is 0. The summed E-state index contributed by atoms with van der Waals surface area (Å²) < 4.78 is 2.24. The minimum Gasteiger partial charge on any atom is -0.292 e. The second kappa shape index (κ2) is 13.3. The van der Waals surface area contributed by atoms with Crippen LogP contribution in [-0.2, 0) is 0 Å². The molecule has 0 aliphatic carbocycles. The lowest BCUT2D eigenvalue weighted by molar-refractivity contribution is 1.10. The van der Waals surface area contributed by atoms with Crippen LogP contribution in [-0.4, -0.2) is 19.5 Å². The van der Waals surface area contributed by atoms with E-state index in [-0.39, 0.29) is 0 Å². The van der Waals surface area contributed by atoms with E-state index >= 15 is 0 Å². The van der Waals surface area contributed by atoms with Gasteiger partial charge in [-0.15, -0.1) is 0 Å². The van der Waals surface area contributed by atoms with Crippen molar-refractivity contribution in [1.82, 2.24) is 19.5 Å². The number of pyridine rings is 2. The van der Waals surface area contributed by atoms with Crippen molar-refractivity contribution in [2.45, 2.75) is 0 Å². The average molecular weight is 751 g/mol. The predicted molar refractivity (Wildman–Crippen MR) is 246 cm³/mol. The number of aromatic nitrogens is 4. The Bertz CT molecular complexity index is 3550. The van der Waals surface area contributed by atoms with E-state index in [1.165, 1.54) is 43.4 Å². The molecule has 3 aromatic heterocycles. The molecule has 4 heteroatoms. The van der Waals surface area contributed by atoms with E-state index in [1.54, 1.807) is 0 Å². The molecule has 0 radical (unpaired) electrons. The molecule has 0 aliphatic heterocycles. The van der Waals surface area contributed by atoms with Crippen molar-refractivity contribution < 1.29 is 0 Å². The van der Waals surface area contributed by atoms with Gasteiger partial charge in [0.15, 0.2) is 0 Å². The molecule has 9 aromatic carbocycles. The Hall–Kier alpha value is -7.95. The minimum atomic E-state index is 0.894. The standard InChI is InChI=1S/C55H34N4/c1-2-10-40(11-3-1)55-58-51-16-8-9-17-52(51)59(55)42-29-24-37(25-30-42)50-33-28-39-23-22-38-27-32-49(56-53(38)54(39)57-50)36-20-18-35(19-21-36)41-26-31-47-45-14-5-4-12-43(45)44-13-6-7-15-46(44)48(47)34-41/h1-34H. The molecule has 0 fully saturated rings. The van der Waals surface area contributed by atoms with Crippen molar-refractivity contribution in [3.05, 3.63) is 206 Å². The fraction of sp³-hybridized carbons (Fsp3) is 0. The topological polar surface area (TPSA) is 43.6 Å². The van der Waals surface area contributed by atoms with Crippen LogP contribution in [0.5, 0.6) is 0 Å². The Labute approximate surface area is 340 Å². The number of rotatable bonds is 5. The van der Waals surface area contributed by atoms with Crippen LogP contribution in [0.25, 0.3) is 116 Å². The Morgan fingerprint density at radius 1 is 0.305 bits per heavy atom. The Balaban J connectivity index is 0.891. The van der Waals surface area contributed by atoms with E-state index in [4.69, 9.17) is 15.0 Å². The number of para-hydroxylation sites is 2. The molecule has 0 N–H and O–H groups in total. The van der Waals surface area contributed by atoms with Crippen molar-refractivity contribution in [3.63, 3.8) is 0 Å². The monoisotopic (exact) mass is 750 g/mol. The molecule has 0 saturated carbocycles. The van der Waals surface area contributed by atoms with Crippen LogP contribution in [0.1, 0.15) is 0 Å². The van der Waals surface area contributed by atoms with E-state index in [9.17, 15) is 0 Å². The maximum atomic E-state index is 5.26. The lowest BCUT2D eigenvalue weighted by Crippen LogP contribution is -1.97. The van der Waals surface area contributed by atoms with Gasteiger partial charge >= 0.3 is 0 Å². The van der Waals surface area contributed by atoms with Crippen molar-refractivity contribution in [2.24, 2.45) is 0 Å². The SMILES string of the molecule is c1ccc(-c2nc3ccccc3n2-c2ccc(-c3ccc4ccc5ccc(-c6ccc(-c7ccc8c9ccccc9c9ccccc9c8c7)cc6)nc5c4n3)cc2)cc1. The number of hydrogen-bond acceptors (Lipinski definition) is 3. The van der Waals surface area contributed by atoms with Crippen LogP contribution in [0.2, 0.25) is 0 Å². The van der Waals surface area contributed by atoms with Gasteiger partial charge in [0.1, 0.15) is 5.82 Å². The van der Waals surface area contributed by atoms with Crippen LogP contribution >= 0.6 is 0 Å². The molecule has 0 amide bonds. The normalized spacial score (nSPS) is 11.7. The van der Waals surface area contributed by atoms with Gasteiger partial charge in [0.05, 0.1) is 33.5 Å². The highest BCUT2D eigenvalue weighted by molar-refractivity contribution is 6.25. The summed E-state index contributed by atoms with van der Waals surface area (Å²) in [5.41, 5.74) is 12.3. The van der Waals surface area contributed by atoms with Crippen molar-refractivity contribution in [1.29, 1.82) is 0 Å². The van der Waals surface area contributed by atoms with E-state index in [0.717, 1.165) is 72.4 Å². The van der Waals surface area contributed by atoms with Gasteiger partial charge in [0.25, 0.3) is 0 Å². The van der Waals surface area contributed by atoms with Crippen LogP contribution in [0, 0.1) is 0 Å². The number of fused-ring (bicyclic) bond motifs is 10. The van der Waals surface area contributed by atoms with Crippen molar-refractivity contribution in [2.75, 3.05) is 0 Å². The van der Waals surface area contributed by atoms with Crippen molar-refractivity contribution in [3.8, 4) is 50.7 Å². The van der Waals surface area contributed by atoms with E-state index in [1.807, 2.05) is 12.1 Å². The molecule has 4 nitrogen and oxygen atoms in total. The zero-order chi connectivity index (χ0) is 38.9. The highest BCUT2D eigenvalue weighted by atomic mass is 15.1. The van der Waals surface area contributed by atoms with Gasteiger partial charge in [-0.05, 0) is 85.9 Å². The third kappa shape index (κ3) is 5.49. The first-order chi connectivity index (χ1) is 29.2. The van der Waals surface area contributed by atoms with Gasteiger partial charge in [-0.25, -0.2) is 15.0 Å². The number of hydrogen-bond donors (Lipinski definition) is 0. The molecule has 12 aromatic rings. The highest BCUT2D eigenvalue weighted by Crippen LogP contribution is 2.38. The molecule has 12 rings (SSSR count). The largest absolute Gasteiger partial charge is 0.292 e. The molecule has 0 aliphatic rings. The molecule has 0 spiro atoms. The first-order valence-corrected chi connectivity index (χ1v) is 20.0. The second-order valence-corrected chi connectivity index (χ2v) is 15.2. The average Bonchev–Trinajstić information content (AvgIpc) is 3.71. The molecular weight excluding hydrogens is 717 g/mol. The Morgan fingerprint density at radius 3 is 1.41 bits per heavy atom. The first-order valence-electron chi connectivity index (χ1n) is 20.0. The van der Waals surface area contributed by atoms with Gasteiger partial charge in [-0.1, -0.05) is 164 Å². The van der Waals surface area contributed by atoms with Gasteiger partial charge in [0.2, 0.25) is 0 Å². The third-order valence-electron chi connectivity index (χ3n) is 11.8. The molecule has 59 heavy (non-hydrogen) atoms. The molecule has 0 saturated heterocycles. The number of nitrogens with zero attached hydrogens (tertiary/aromatic N) is 4. The summed E-state index contributed by atoms with van der Waals surface area (Å²) in [6.07, 6.45) is 0. The lowest BCUT2D eigenvalue weighted by Gasteiger charge is -2.12. The zero-order valence-electron chi connectivity index (χ0n) is 31.9. The Kier molecular flexibility index (Phi) is 7.50. The van der Waals surface area contributed by atoms with Crippen LogP contribution in [0.4, 0.5) is 0 Å². The fourth-order valence-corrected chi connectivity index (χ4v) is 8.86. The van der Waals surface area contributed by atoms with Crippen LogP contribution in [0.15, 0.2) is 206 Å². The maximum absolute atomic E-state index is 5.26. The molecular formula is C55H34N4. The summed E-state index contributed by atoms with van der Waals surface area (Å²) in [4.78, 5) is 15.5. The van der Waals surface area contributed by atoms with E-state index in [2.05, 4.69) is 199 Å². The molecule has 0 unspecified atom stereocenters. The molecule has 3 heterocycles. The van der Waals surface area contributed by atoms with Gasteiger partial charge in [-0.3, -0.25) is 4.57 Å². The van der Waals surface area contributed by atoms with Gasteiger partial charge in [0, 0.05) is 33.2 Å². The highest BCUT2D eigenvalue weighted by Gasteiger charge is 2.16. The fourth-order valence-electron chi connectivity index (χ4n) is 8.86. The Morgan fingerprint density at radius 2 is 0.780 bits per heavy atom. The predicted octanol–water partition coefficient (Wildman–Crippen LogP) is 14.2. The van der Waals surface area contributed by atoms with Gasteiger partial charge < -0.3 is 0 Å². The van der Waals surface area contributed by atoms with E-state index < -0.39 is 0 Å². The molecule has 0 atom stereocenters. The summed E-state index contributed by atoms with van der Waals surface area (Å²) in [5, 5.41) is 9.83. The third-order valence-corrected chi connectivity index (χ3v) is 11.8. The minimum absolute atomic E-state index is 0.894. The summed E-state index contributed by atoms with van der Waals surface area (Å²) in [5.74, 6) is 0.919. The summed E-state index contributed by atoms with van der Waals surface area (Å²) in [6.45, 7) is 0. The van der Waals surface area contributed by atoms with Crippen molar-refractivity contribution >= 4 is 65.2 Å². The molecule has 274 valence electrons. The summed E-state index contributed by atoms with van der Waals surface area (Å²) in [6, 6.07) is 73.2. The van der Waals surface area contributed by atoms with Crippen LogP contribution < -0.4 is 0 Å². The number of imidazole rings is 1. The van der Waals surface area contributed by atoms with Crippen LogP contribution in [0.3, 0.4) is 0 Å². The number of benzene rings is 9. The summed E-state index contributed by atoms with van der Waals surface area (Å²) in [7, 11) is 0. The second-order valence-electron chi connectivity index (χ2n) is 15.2. The van der Waals surface area contributed by atoms with E-state index in [0.29, 0.717) is 0 Å². The zero-order valence-corrected chi connectivity index (χ0v) is 31.9. The first kappa shape index (κ1) is 33.2. The smallest absolute Gasteiger partial charge is 0.145 e. The lowest BCUT2D eigenvalue weighted by atomic mass is 9.92. The maximum Gasteiger partial charge on any atom is 0.145 e. The van der Waals surface area contributed by atoms with Gasteiger partial charge in [-0.2, -0.15) is 0 Å².